The fourth-order valence-corrected chi connectivity index (χ4v) is 2.77. The predicted molar refractivity (Wildman–Crippen MR) is 78.3 cm³/mol. The Morgan fingerprint density at radius 3 is 2.15 bits per heavy atom. The van der Waals surface area contributed by atoms with Crippen molar-refractivity contribution in [3.8, 4) is 6.07 Å². The Morgan fingerprint density at radius 2 is 1.65 bits per heavy atom. The molecule has 20 heavy (non-hydrogen) atoms. The quantitative estimate of drug-likeness (QED) is 0.771. The highest BCUT2D eigenvalue weighted by Crippen LogP contribution is 2.58. The number of nitriles is 1. The molecule has 3 rings (SSSR count). The lowest BCUT2D eigenvalue weighted by atomic mass is 9.79. The molecule has 1 aromatic rings. The highest BCUT2D eigenvalue weighted by molar-refractivity contribution is 6.49. The van der Waals surface area contributed by atoms with Crippen LogP contribution in [0.2, 0.25) is 5.82 Å². The van der Waals surface area contributed by atoms with Gasteiger partial charge in [0.2, 0.25) is 0 Å². The van der Waals surface area contributed by atoms with Gasteiger partial charge in [0.1, 0.15) is 0 Å². The average Bonchev–Trinajstić information content (AvgIpc) is 3.13. The van der Waals surface area contributed by atoms with Gasteiger partial charge in [-0.3, -0.25) is 0 Å². The molecule has 1 aliphatic carbocycles. The zero-order valence-corrected chi connectivity index (χ0v) is 12.5. The smallest absolute Gasteiger partial charge is 0.403 e. The summed E-state index contributed by atoms with van der Waals surface area (Å²) >= 11 is 0. The van der Waals surface area contributed by atoms with Crippen LogP contribution in [0.4, 0.5) is 0 Å². The third kappa shape index (κ3) is 2.15. The summed E-state index contributed by atoms with van der Waals surface area (Å²) in [6.45, 7) is 8.36. The van der Waals surface area contributed by atoms with Crippen LogP contribution in [0.5, 0.6) is 0 Å². The maximum atomic E-state index is 8.83. The second-order valence-corrected chi connectivity index (χ2v) is 6.86. The SMILES string of the molecule is CC1(C)OB(C2CC2c2ccc(C#N)cc2)OC1(C)C. The molecule has 1 aliphatic heterocycles. The van der Waals surface area contributed by atoms with E-state index in [1.165, 1.54) is 5.56 Å². The van der Waals surface area contributed by atoms with E-state index in [-0.39, 0.29) is 18.3 Å². The molecule has 4 heteroatoms. The van der Waals surface area contributed by atoms with Crippen LogP contribution in [0, 0.1) is 11.3 Å². The van der Waals surface area contributed by atoms with Gasteiger partial charge in [-0.05, 0) is 57.7 Å². The van der Waals surface area contributed by atoms with E-state index in [1.54, 1.807) is 0 Å². The van der Waals surface area contributed by atoms with Crippen LogP contribution < -0.4 is 0 Å². The molecular weight excluding hydrogens is 249 g/mol. The lowest BCUT2D eigenvalue weighted by Crippen LogP contribution is -2.41. The van der Waals surface area contributed by atoms with Crippen molar-refractivity contribution < 1.29 is 9.31 Å². The van der Waals surface area contributed by atoms with Crippen LogP contribution in [-0.4, -0.2) is 18.3 Å². The molecule has 0 bridgehead atoms. The molecule has 0 aromatic heterocycles. The van der Waals surface area contributed by atoms with Gasteiger partial charge in [-0.2, -0.15) is 5.26 Å². The Labute approximate surface area is 121 Å². The molecule has 1 aromatic carbocycles. The summed E-state index contributed by atoms with van der Waals surface area (Å²) in [6.07, 6.45) is 1.10. The molecule has 2 atom stereocenters. The minimum atomic E-state index is -0.254. The van der Waals surface area contributed by atoms with Gasteiger partial charge < -0.3 is 9.31 Å². The number of nitrogens with zero attached hydrogens (tertiary/aromatic N) is 1. The monoisotopic (exact) mass is 269 g/mol. The summed E-state index contributed by atoms with van der Waals surface area (Å²) in [5.41, 5.74) is 1.48. The van der Waals surface area contributed by atoms with Crippen LogP contribution in [0.1, 0.15) is 51.2 Å². The van der Waals surface area contributed by atoms with Gasteiger partial charge in [0.25, 0.3) is 0 Å². The first kappa shape index (κ1) is 13.7. The number of hydrogen-bond donors (Lipinski definition) is 0. The van der Waals surface area contributed by atoms with Crippen LogP contribution >= 0.6 is 0 Å². The van der Waals surface area contributed by atoms with Crippen molar-refractivity contribution in [3.63, 3.8) is 0 Å². The van der Waals surface area contributed by atoms with E-state index in [9.17, 15) is 0 Å². The minimum absolute atomic E-state index is 0.111. The second-order valence-electron chi connectivity index (χ2n) is 6.86. The molecule has 0 spiro atoms. The minimum Gasteiger partial charge on any atom is -0.403 e. The van der Waals surface area contributed by atoms with Gasteiger partial charge in [0.05, 0.1) is 22.8 Å². The molecule has 0 N–H and O–H groups in total. The van der Waals surface area contributed by atoms with E-state index in [0.29, 0.717) is 17.3 Å². The summed E-state index contributed by atoms with van der Waals surface area (Å²) in [4.78, 5) is 0. The van der Waals surface area contributed by atoms with Crippen molar-refractivity contribution in [3.05, 3.63) is 35.4 Å². The first-order valence-electron chi connectivity index (χ1n) is 7.20. The maximum absolute atomic E-state index is 8.83. The Hall–Kier alpha value is -1.31. The van der Waals surface area contributed by atoms with Crippen LogP contribution in [0.3, 0.4) is 0 Å². The van der Waals surface area contributed by atoms with Crippen molar-refractivity contribution >= 4 is 7.12 Å². The first-order valence-corrected chi connectivity index (χ1v) is 7.20. The molecule has 0 radical (unpaired) electrons. The molecule has 3 nitrogen and oxygen atoms in total. The zero-order chi connectivity index (χ0) is 14.5. The third-order valence-electron chi connectivity index (χ3n) is 4.93. The number of rotatable bonds is 2. The average molecular weight is 269 g/mol. The molecule has 1 saturated heterocycles. The molecule has 1 saturated carbocycles. The summed E-state index contributed by atoms with van der Waals surface area (Å²) in [5.74, 6) is 0.932. The molecule has 0 amide bonds. The molecule has 1 heterocycles. The van der Waals surface area contributed by atoms with Crippen molar-refractivity contribution in [2.45, 2.75) is 57.1 Å². The lowest BCUT2D eigenvalue weighted by molar-refractivity contribution is 0.00578. The summed E-state index contributed by atoms with van der Waals surface area (Å²) in [6, 6.07) is 10.0. The van der Waals surface area contributed by atoms with E-state index in [4.69, 9.17) is 14.6 Å². The van der Waals surface area contributed by atoms with Crippen LogP contribution in [-0.2, 0) is 9.31 Å². The van der Waals surface area contributed by atoms with Crippen molar-refractivity contribution in [2.24, 2.45) is 0 Å². The molecule has 2 unspecified atom stereocenters. The standard InChI is InChI=1S/C16H20BNO2/c1-15(2)16(3,4)20-17(19-15)14-9-13(14)12-7-5-11(10-18)6-8-12/h5-8,13-14H,9H2,1-4H3. The van der Waals surface area contributed by atoms with Crippen LogP contribution in [0.25, 0.3) is 0 Å². The largest absolute Gasteiger partial charge is 0.461 e. The highest BCUT2D eigenvalue weighted by atomic mass is 16.7. The Bertz CT molecular complexity index is 543. The summed E-state index contributed by atoms with van der Waals surface area (Å²) in [5, 5.41) is 8.83. The summed E-state index contributed by atoms with van der Waals surface area (Å²) < 4.78 is 12.2. The first-order chi connectivity index (χ1) is 9.34. The maximum Gasteiger partial charge on any atom is 0.461 e. The fourth-order valence-electron chi connectivity index (χ4n) is 2.77. The van der Waals surface area contributed by atoms with E-state index in [1.807, 2.05) is 12.1 Å². The van der Waals surface area contributed by atoms with Gasteiger partial charge in [-0.25, -0.2) is 0 Å². The van der Waals surface area contributed by atoms with E-state index in [2.05, 4.69) is 45.9 Å². The van der Waals surface area contributed by atoms with Gasteiger partial charge in [-0.15, -0.1) is 0 Å². The second kappa shape index (κ2) is 4.34. The number of benzene rings is 1. The van der Waals surface area contributed by atoms with Crippen molar-refractivity contribution in [1.29, 1.82) is 5.26 Å². The van der Waals surface area contributed by atoms with Gasteiger partial charge in [0.15, 0.2) is 0 Å². The predicted octanol–water partition coefficient (Wildman–Crippen LogP) is 3.51. The van der Waals surface area contributed by atoms with E-state index in [0.717, 1.165) is 6.42 Å². The van der Waals surface area contributed by atoms with Crippen molar-refractivity contribution in [1.82, 2.24) is 0 Å². The number of hydrogen-bond acceptors (Lipinski definition) is 3. The third-order valence-corrected chi connectivity index (χ3v) is 4.93. The normalized spacial score (nSPS) is 30.1. The Balaban J connectivity index is 1.69. The fraction of sp³-hybridized carbons (Fsp3) is 0.562. The van der Waals surface area contributed by atoms with Crippen molar-refractivity contribution in [2.75, 3.05) is 0 Å². The highest BCUT2D eigenvalue weighted by Gasteiger charge is 2.59. The van der Waals surface area contributed by atoms with Gasteiger partial charge in [0, 0.05) is 5.82 Å². The topological polar surface area (TPSA) is 42.2 Å². The molecule has 2 fully saturated rings. The van der Waals surface area contributed by atoms with E-state index >= 15 is 0 Å². The zero-order valence-electron chi connectivity index (χ0n) is 12.5. The summed E-state index contributed by atoms with van der Waals surface area (Å²) in [7, 11) is -0.111. The van der Waals surface area contributed by atoms with Crippen LogP contribution in [0.15, 0.2) is 24.3 Å². The van der Waals surface area contributed by atoms with Gasteiger partial charge in [-0.1, -0.05) is 12.1 Å². The Morgan fingerprint density at radius 1 is 1.10 bits per heavy atom. The Kier molecular flexibility index (Phi) is 2.97. The molecule has 104 valence electrons. The molecular formula is C16H20BNO2. The lowest BCUT2D eigenvalue weighted by Gasteiger charge is -2.32. The van der Waals surface area contributed by atoms with E-state index < -0.39 is 0 Å². The van der Waals surface area contributed by atoms with Gasteiger partial charge >= 0.3 is 7.12 Å². The molecule has 2 aliphatic rings.